The van der Waals surface area contributed by atoms with E-state index in [1.807, 2.05) is 0 Å². The maximum absolute atomic E-state index is 13.2. The molecule has 5 N–H and O–H groups in total. The van der Waals surface area contributed by atoms with Crippen LogP contribution >= 0.6 is 0 Å². The maximum Gasteiger partial charge on any atom is 1.00 e. The van der Waals surface area contributed by atoms with Crippen LogP contribution < -0.4 is 113 Å². The third-order valence-corrected chi connectivity index (χ3v) is 7.56. The average Bonchev–Trinajstić information content (AvgIpc) is 3.62. The Kier molecular flexibility index (Phi) is 10.3. The monoisotopic (exact) mass is 710 g/mol. The second kappa shape index (κ2) is 13.9. The third-order valence-electron chi connectivity index (χ3n) is 7.56. The van der Waals surface area contributed by atoms with Gasteiger partial charge in [0.05, 0.1) is 39.9 Å². The van der Waals surface area contributed by atoms with Gasteiger partial charge in [0.2, 0.25) is 0 Å². The number of aromatic hydroxyl groups is 3. The van der Waals surface area contributed by atoms with Gasteiger partial charge in [0, 0.05) is 10.9 Å². The summed E-state index contributed by atoms with van der Waals surface area (Å²) in [4.78, 5) is 51.3. The van der Waals surface area contributed by atoms with Crippen LogP contribution in [0.2, 0.25) is 0 Å². The molecular formula is C34H16K2O13. The number of aliphatic carboxylic acids is 1. The molecule has 0 radical (unpaired) electrons. The van der Waals surface area contributed by atoms with Gasteiger partial charge in [0.25, 0.3) is 0 Å². The van der Waals surface area contributed by atoms with Gasteiger partial charge in [-0.1, -0.05) is 30.3 Å². The number of carbonyl (C=O) groups is 4. The Morgan fingerprint density at radius 2 is 1.29 bits per heavy atom. The second-order valence-corrected chi connectivity index (χ2v) is 10.4. The van der Waals surface area contributed by atoms with Crippen molar-refractivity contribution in [3.8, 4) is 23.0 Å². The van der Waals surface area contributed by atoms with Crippen molar-refractivity contribution in [3.05, 3.63) is 124 Å². The summed E-state index contributed by atoms with van der Waals surface area (Å²) in [5.74, 6) is -8.92. The Labute approximate surface area is 359 Å². The summed E-state index contributed by atoms with van der Waals surface area (Å²) in [5.41, 5.74) is -2.00. The molecule has 13 nitrogen and oxygen atoms in total. The molecule has 0 aromatic heterocycles. The van der Waals surface area contributed by atoms with Gasteiger partial charge < -0.3 is 49.6 Å². The minimum Gasteiger partial charge on any atom is -0.546 e. The molecule has 0 aliphatic carbocycles. The van der Waals surface area contributed by atoms with Crippen molar-refractivity contribution in [1.82, 2.24) is 0 Å². The molecule has 0 spiro atoms. The van der Waals surface area contributed by atoms with E-state index in [1.165, 1.54) is 48.5 Å². The van der Waals surface area contributed by atoms with Crippen molar-refractivity contribution >= 4 is 51.4 Å². The van der Waals surface area contributed by atoms with E-state index < -0.39 is 63.6 Å². The molecule has 0 saturated heterocycles. The number of hydrogen-bond donors (Lipinski definition) is 5. The summed E-state index contributed by atoms with van der Waals surface area (Å²) in [6, 6.07) is 13.8. The molecule has 0 unspecified atom stereocenters. The van der Waals surface area contributed by atoms with E-state index in [4.69, 9.17) is 14.2 Å². The number of phenols is 3. The van der Waals surface area contributed by atoms with E-state index in [9.17, 15) is 49.8 Å². The minimum absolute atomic E-state index is 0. The fraction of sp³-hybridized carbons (Fsp3) is 0. The van der Waals surface area contributed by atoms with Crippen molar-refractivity contribution in [2.75, 3.05) is 0 Å². The van der Waals surface area contributed by atoms with Gasteiger partial charge in [0.1, 0.15) is 11.3 Å². The first-order valence-electron chi connectivity index (χ1n) is 13.5. The van der Waals surface area contributed by atoms with Gasteiger partial charge in [-0.15, -0.1) is 17.7 Å². The average molecular weight is 711 g/mol. The van der Waals surface area contributed by atoms with E-state index in [0.717, 1.165) is 18.2 Å². The summed E-state index contributed by atoms with van der Waals surface area (Å²) in [6.07, 6.45) is 2.71. The van der Waals surface area contributed by atoms with Gasteiger partial charge in [-0.25, -0.2) is 14.4 Å². The zero-order chi connectivity index (χ0) is 33.3. The molecule has 3 aliphatic heterocycles. The summed E-state index contributed by atoms with van der Waals surface area (Å²) in [6.45, 7) is 0. The number of hydrogen-bond acceptors (Lipinski definition) is 13. The molecule has 4 aromatic rings. The molecule has 3 heterocycles. The number of ether oxygens (including phenoxy) is 3. The van der Waals surface area contributed by atoms with Crippen LogP contribution in [0.25, 0.3) is 27.5 Å². The molecule has 49 heavy (non-hydrogen) atoms. The molecular weight excluding hydrogens is 695 g/mol. The summed E-state index contributed by atoms with van der Waals surface area (Å²) < 4.78 is 15.6. The Morgan fingerprint density at radius 3 is 1.92 bits per heavy atom. The zero-order valence-electron chi connectivity index (χ0n) is 25.4. The first-order valence-corrected chi connectivity index (χ1v) is 13.5. The molecule has 3 aliphatic rings. The fourth-order valence-corrected chi connectivity index (χ4v) is 5.47. The zero-order valence-corrected chi connectivity index (χ0v) is 31.6. The molecule has 7 rings (SSSR count). The van der Waals surface area contributed by atoms with Crippen LogP contribution in [-0.2, 0) is 23.9 Å². The number of cyclic esters (lactones) is 2. The molecule has 0 fully saturated rings. The Morgan fingerprint density at radius 1 is 0.673 bits per heavy atom. The molecule has 0 amide bonds. The number of esters is 3. The Bertz CT molecular complexity index is 2280. The molecule has 232 valence electrons. The first kappa shape index (κ1) is 36.5. The number of aliphatic hydroxyl groups excluding tert-OH is 2. The number of carboxylic acids is 1. The molecule has 0 bridgehead atoms. The van der Waals surface area contributed by atoms with Crippen molar-refractivity contribution in [2.45, 2.75) is 0 Å². The normalized spacial score (nSPS) is 16.7. The van der Waals surface area contributed by atoms with Gasteiger partial charge in [-0.3, -0.25) is 0 Å². The van der Waals surface area contributed by atoms with Crippen LogP contribution in [-0.4, -0.2) is 49.4 Å². The van der Waals surface area contributed by atoms with Crippen molar-refractivity contribution < 1.29 is 167 Å². The third kappa shape index (κ3) is 6.27. The summed E-state index contributed by atoms with van der Waals surface area (Å²) in [5, 5.41) is 64.2. The summed E-state index contributed by atoms with van der Waals surface area (Å²) >= 11 is 0. The number of rotatable bonds is 5. The van der Waals surface area contributed by atoms with Crippen LogP contribution in [0.3, 0.4) is 0 Å². The fourth-order valence-electron chi connectivity index (χ4n) is 5.47. The van der Waals surface area contributed by atoms with Gasteiger partial charge in [-0.2, -0.15) is 0 Å². The van der Waals surface area contributed by atoms with Crippen LogP contribution in [0.5, 0.6) is 23.0 Å². The number of phenolic OH excluding ortho intramolecular Hbond substituents is 3. The van der Waals surface area contributed by atoms with Gasteiger partial charge >= 0.3 is 121 Å². The topological polar surface area (TPSA) is 220 Å². The van der Waals surface area contributed by atoms with Crippen LogP contribution in [0.1, 0.15) is 32.6 Å². The van der Waals surface area contributed by atoms with Crippen LogP contribution in [0, 0.1) is 6.08 Å². The number of carboxylic acid groups (broad SMARTS) is 1. The van der Waals surface area contributed by atoms with E-state index >= 15 is 0 Å². The number of benzene rings is 4. The van der Waals surface area contributed by atoms with Crippen LogP contribution in [0.15, 0.2) is 89.8 Å². The van der Waals surface area contributed by atoms with Crippen molar-refractivity contribution in [1.29, 1.82) is 0 Å². The summed E-state index contributed by atoms with van der Waals surface area (Å²) in [7, 11) is 0. The number of carbonyl (C=O) groups excluding carboxylic acids is 4. The standard InChI is InChI=1S/C34H17O13.2K/c35-16-5-1-13(2-6-16)9-22-27(38)23(33(43)45-22)15-10-18-19(12-21(37)29-25(18)20(11-15)32(42)46-29)26-28(39)30(47-34(26)44)24(31(40)41)14-3-7-17(36)8-4-14;;/h1-8,10-12,35-39H,(H,40,41);;/q-1;2*+1/p-1/b30-24+;;. The molecule has 15 heteroatoms. The predicted molar refractivity (Wildman–Crippen MR) is 156 cm³/mol. The van der Waals surface area contributed by atoms with E-state index in [0.29, 0.717) is 5.56 Å². The van der Waals surface area contributed by atoms with Gasteiger partial charge in [0.15, 0.2) is 23.0 Å². The quantitative estimate of drug-likeness (QED) is 0.0461. The Balaban J connectivity index is 0.00000234. The predicted octanol–water partition coefficient (Wildman–Crippen LogP) is -2.95. The molecule has 0 atom stereocenters. The van der Waals surface area contributed by atoms with E-state index in [2.05, 4.69) is 6.08 Å². The second-order valence-electron chi connectivity index (χ2n) is 10.4. The van der Waals surface area contributed by atoms with E-state index in [-0.39, 0.29) is 159 Å². The molecule has 4 aromatic carbocycles. The SMILES string of the molecule is O=C1OC(=[C-]c2ccc(O)cc2)C(O)=C1c1cc2c3c(c(O)cc(C4=C(O)/C(=C(\C(=O)[O-])c5ccc(O)cc5)OC4=O)c3c1)OC2=O.[K+].[K+]. The first-order chi connectivity index (χ1) is 22.4. The van der Waals surface area contributed by atoms with Crippen molar-refractivity contribution in [2.24, 2.45) is 0 Å². The smallest absolute Gasteiger partial charge is 0.546 e. The van der Waals surface area contributed by atoms with Gasteiger partial charge in [-0.05, 0) is 46.8 Å². The minimum atomic E-state index is -1.83. The largest absolute Gasteiger partial charge is 1.00 e. The van der Waals surface area contributed by atoms with E-state index in [1.54, 1.807) is 0 Å². The molecule has 0 saturated carbocycles. The maximum atomic E-state index is 13.2. The number of aliphatic hydroxyl groups is 2. The van der Waals surface area contributed by atoms with Crippen LogP contribution in [0.4, 0.5) is 0 Å². The van der Waals surface area contributed by atoms with Crippen molar-refractivity contribution in [3.63, 3.8) is 0 Å². The Hall–Kier alpha value is -3.75.